The molecule has 0 bridgehead atoms. The summed E-state index contributed by atoms with van der Waals surface area (Å²) < 4.78 is 18.7. The quantitative estimate of drug-likeness (QED) is 0.804. The molecule has 0 unspecified atom stereocenters. The van der Waals surface area contributed by atoms with Gasteiger partial charge in [0.25, 0.3) is 0 Å². The zero-order chi connectivity index (χ0) is 19.5. The van der Waals surface area contributed by atoms with Crippen LogP contribution >= 0.6 is 0 Å². The molecule has 0 aliphatic carbocycles. The molecule has 0 spiro atoms. The molecule has 146 valence electrons. The van der Waals surface area contributed by atoms with Gasteiger partial charge in [0.15, 0.2) is 0 Å². The fraction of sp³-hybridized carbons (Fsp3) is 0.421. The first-order valence-corrected chi connectivity index (χ1v) is 9.22. The Morgan fingerprint density at radius 2 is 2.04 bits per heavy atom. The van der Waals surface area contributed by atoms with Crippen LogP contribution in [0.3, 0.4) is 0 Å². The number of rotatable bonds is 4. The number of piperidine rings is 1. The van der Waals surface area contributed by atoms with E-state index in [0.717, 1.165) is 12.0 Å². The van der Waals surface area contributed by atoms with E-state index in [2.05, 4.69) is 25.0 Å². The lowest BCUT2D eigenvalue weighted by Gasteiger charge is -2.34. The molecule has 2 aliphatic rings. The van der Waals surface area contributed by atoms with Gasteiger partial charge in [0, 0.05) is 43.9 Å². The van der Waals surface area contributed by atoms with Crippen molar-refractivity contribution in [2.24, 2.45) is 11.0 Å². The minimum Gasteiger partial charge on any atom is -0.481 e. The third kappa shape index (κ3) is 3.64. The number of nitrogens with zero attached hydrogens (tertiary/aromatic N) is 6. The van der Waals surface area contributed by atoms with E-state index in [9.17, 15) is 9.18 Å². The van der Waals surface area contributed by atoms with E-state index in [0.29, 0.717) is 43.8 Å². The Morgan fingerprint density at radius 3 is 2.79 bits per heavy atom. The molecule has 1 fully saturated rings. The summed E-state index contributed by atoms with van der Waals surface area (Å²) in [4.78, 5) is 27.4. The second kappa shape index (κ2) is 7.87. The van der Waals surface area contributed by atoms with E-state index in [-0.39, 0.29) is 17.9 Å². The average molecular weight is 384 g/mol. The molecule has 0 aromatic carbocycles. The highest BCUT2D eigenvalue weighted by molar-refractivity contribution is 5.82. The van der Waals surface area contributed by atoms with Gasteiger partial charge in [0.1, 0.15) is 18.0 Å². The molecule has 0 saturated carbocycles. The lowest BCUT2D eigenvalue weighted by molar-refractivity contribution is -0.138. The van der Waals surface area contributed by atoms with Crippen molar-refractivity contribution in [2.75, 3.05) is 25.1 Å². The van der Waals surface area contributed by atoms with Gasteiger partial charge in [-0.15, -0.1) is 0 Å². The number of hydrazone groups is 1. The van der Waals surface area contributed by atoms with Gasteiger partial charge in [-0.3, -0.25) is 9.78 Å². The van der Waals surface area contributed by atoms with Crippen LogP contribution in [0.1, 0.15) is 30.9 Å². The number of aromatic nitrogens is 3. The van der Waals surface area contributed by atoms with Gasteiger partial charge >= 0.3 is 0 Å². The molecule has 1 atom stereocenters. The van der Waals surface area contributed by atoms with E-state index >= 15 is 0 Å². The number of ether oxygens (including phenoxy) is 1. The summed E-state index contributed by atoms with van der Waals surface area (Å²) in [6, 6.07) is 2.91. The molecular weight excluding hydrogens is 363 g/mol. The fourth-order valence-corrected chi connectivity index (χ4v) is 3.67. The Kier molecular flexibility index (Phi) is 5.14. The number of hydrogen-bond acceptors (Lipinski definition) is 7. The van der Waals surface area contributed by atoms with Crippen LogP contribution in [0.5, 0.6) is 5.88 Å². The zero-order valence-corrected chi connectivity index (χ0v) is 15.5. The van der Waals surface area contributed by atoms with Gasteiger partial charge in [0.2, 0.25) is 11.8 Å². The van der Waals surface area contributed by atoms with Crippen molar-refractivity contribution >= 4 is 17.9 Å². The van der Waals surface area contributed by atoms with E-state index in [1.807, 2.05) is 0 Å². The number of methoxy groups -OCH3 is 1. The smallest absolute Gasteiger partial charge is 0.246 e. The van der Waals surface area contributed by atoms with Gasteiger partial charge in [-0.05, 0) is 24.5 Å². The first-order valence-electron chi connectivity index (χ1n) is 9.22. The Bertz CT molecular complexity index is 884. The van der Waals surface area contributed by atoms with Crippen molar-refractivity contribution in [2.45, 2.75) is 25.3 Å². The highest BCUT2D eigenvalue weighted by atomic mass is 19.1. The number of amides is 1. The van der Waals surface area contributed by atoms with Crippen molar-refractivity contribution in [1.82, 2.24) is 20.0 Å². The van der Waals surface area contributed by atoms with Crippen LogP contribution in [0.4, 0.5) is 10.2 Å². The molecule has 2 aliphatic heterocycles. The van der Waals surface area contributed by atoms with Crippen molar-refractivity contribution in [3.8, 4) is 5.88 Å². The normalized spacial score (nSPS) is 19.9. The second-order valence-electron chi connectivity index (χ2n) is 6.85. The lowest BCUT2D eigenvalue weighted by atomic mass is 9.94. The van der Waals surface area contributed by atoms with Crippen molar-refractivity contribution in [3.05, 3.63) is 42.2 Å². The highest BCUT2D eigenvalue weighted by Crippen LogP contribution is 2.32. The van der Waals surface area contributed by atoms with Crippen LogP contribution < -0.4 is 9.64 Å². The highest BCUT2D eigenvalue weighted by Gasteiger charge is 2.35. The Hall–Kier alpha value is -3.10. The molecule has 1 amide bonds. The van der Waals surface area contributed by atoms with Crippen molar-refractivity contribution in [3.63, 3.8) is 0 Å². The van der Waals surface area contributed by atoms with E-state index in [1.165, 1.54) is 17.4 Å². The molecule has 9 heteroatoms. The molecule has 8 nitrogen and oxygen atoms in total. The van der Waals surface area contributed by atoms with Crippen LogP contribution in [0.25, 0.3) is 0 Å². The second-order valence-corrected chi connectivity index (χ2v) is 6.85. The minimum atomic E-state index is -0.412. The van der Waals surface area contributed by atoms with Crippen LogP contribution in [-0.4, -0.2) is 52.3 Å². The van der Waals surface area contributed by atoms with Gasteiger partial charge in [0.05, 0.1) is 19.3 Å². The van der Waals surface area contributed by atoms with Crippen LogP contribution in [-0.2, 0) is 4.79 Å². The standard InChI is InChI=1S/C19H21FN6O2/c1-28-18-9-17(22-12-23-18)25-6-3-13(4-7-25)19(27)26-16(2-5-24-26)14-8-15(20)11-21-10-14/h5,8-13,16H,2-4,6-7H2,1H3/t16-/m0/s1. The van der Waals surface area contributed by atoms with Crippen LogP contribution in [0.2, 0.25) is 0 Å². The molecule has 1 saturated heterocycles. The SMILES string of the molecule is COc1cc(N2CCC(C(=O)N3N=CC[C@H]3c3cncc(F)c3)CC2)ncn1. The first kappa shape index (κ1) is 18.3. The zero-order valence-electron chi connectivity index (χ0n) is 15.5. The first-order chi connectivity index (χ1) is 13.7. The number of anilines is 1. The van der Waals surface area contributed by atoms with Gasteiger partial charge in [-0.2, -0.15) is 5.10 Å². The lowest BCUT2D eigenvalue weighted by Crippen LogP contribution is -2.41. The fourth-order valence-electron chi connectivity index (χ4n) is 3.67. The van der Waals surface area contributed by atoms with E-state index in [4.69, 9.17) is 4.74 Å². The largest absolute Gasteiger partial charge is 0.481 e. The molecule has 28 heavy (non-hydrogen) atoms. The summed E-state index contributed by atoms with van der Waals surface area (Å²) in [5, 5.41) is 5.75. The molecule has 2 aromatic heterocycles. The maximum absolute atomic E-state index is 13.5. The predicted octanol–water partition coefficient (Wildman–Crippen LogP) is 2.20. The molecular formula is C19H21FN6O2. The summed E-state index contributed by atoms with van der Waals surface area (Å²) >= 11 is 0. The topological polar surface area (TPSA) is 83.8 Å². The maximum atomic E-state index is 13.5. The summed E-state index contributed by atoms with van der Waals surface area (Å²) in [6.45, 7) is 1.42. The van der Waals surface area contributed by atoms with Crippen LogP contribution in [0, 0.1) is 11.7 Å². The minimum absolute atomic E-state index is 0.0251. The number of carbonyl (C=O) groups excluding carboxylic acids is 1. The molecule has 0 radical (unpaired) electrons. The average Bonchev–Trinajstić information content (AvgIpc) is 3.23. The number of halogens is 1. The van der Waals surface area contributed by atoms with Crippen molar-refractivity contribution in [1.29, 1.82) is 0 Å². The number of pyridine rings is 1. The Balaban J connectivity index is 1.41. The summed E-state index contributed by atoms with van der Waals surface area (Å²) in [5.41, 5.74) is 0.663. The third-order valence-corrected chi connectivity index (χ3v) is 5.17. The van der Waals surface area contributed by atoms with E-state index in [1.54, 1.807) is 25.6 Å². The Labute approximate surface area is 162 Å². The van der Waals surface area contributed by atoms with Gasteiger partial charge < -0.3 is 9.64 Å². The summed E-state index contributed by atoms with van der Waals surface area (Å²) in [6.07, 6.45) is 7.89. The third-order valence-electron chi connectivity index (χ3n) is 5.17. The molecule has 2 aromatic rings. The van der Waals surface area contributed by atoms with Crippen LogP contribution in [0.15, 0.2) is 36.0 Å². The Morgan fingerprint density at radius 1 is 1.21 bits per heavy atom. The van der Waals surface area contributed by atoms with Crippen molar-refractivity contribution < 1.29 is 13.9 Å². The molecule has 4 rings (SSSR count). The maximum Gasteiger partial charge on any atom is 0.246 e. The molecule has 0 N–H and O–H groups in total. The molecule has 4 heterocycles. The summed E-state index contributed by atoms with van der Waals surface area (Å²) in [5.74, 6) is 0.745. The van der Waals surface area contributed by atoms with E-state index < -0.39 is 5.82 Å². The number of carbonyl (C=O) groups is 1. The summed E-state index contributed by atoms with van der Waals surface area (Å²) in [7, 11) is 1.57. The predicted molar refractivity (Wildman–Crippen MR) is 100 cm³/mol. The van der Waals surface area contributed by atoms with Gasteiger partial charge in [-0.1, -0.05) is 0 Å². The number of hydrogen-bond donors (Lipinski definition) is 0. The van der Waals surface area contributed by atoms with Gasteiger partial charge in [-0.25, -0.2) is 19.4 Å². The monoisotopic (exact) mass is 384 g/mol.